The van der Waals surface area contributed by atoms with Crippen molar-refractivity contribution in [1.82, 2.24) is 4.98 Å². The van der Waals surface area contributed by atoms with E-state index in [2.05, 4.69) is 4.98 Å². The highest BCUT2D eigenvalue weighted by Gasteiger charge is 2.29. The lowest BCUT2D eigenvalue weighted by Crippen LogP contribution is -1.99. The molecular weight excluding hydrogens is 186 g/mol. The van der Waals surface area contributed by atoms with Crippen LogP contribution in [0.1, 0.15) is 35.5 Å². The SMILES string of the molecule is OSC(O)c1cccnc1C1CC1. The Labute approximate surface area is 81.0 Å². The highest BCUT2D eigenvalue weighted by Crippen LogP contribution is 2.42. The van der Waals surface area contributed by atoms with Crippen molar-refractivity contribution >= 4 is 12.0 Å². The molecule has 1 aliphatic rings. The maximum absolute atomic E-state index is 9.46. The van der Waals surface area contributed by atoms with E-state index < -0.39 is 5.44 Å². The zero-order valence-electron chi connectivity index (χ0n) is 7.05. The molecule has 0 saturated heterocycles. The Hall–Kier alpha value is -0.580. The van der Waals surface area contributed by atoms with E-state index in [-0.39, 0.29) is 0 Å². The third-order valence-electron chi connectivity index (χ3n) is 2.20. The van der Waals surface area contributed by atoms with E-state index in [0.717, 1.165) is 24.1 Å². The van der Waals surface area contributed by atoms with Crippen LogP contribution < -0.4 is 0 Å². The molecule has 0 amide bonds. The normalized spacial score (nSPS) is 18.6. The van der Waals surface area contributed by atoms with E-state index in [0.29, 0.717) is 18.0 Å². The Balaban J connectivity index is 2.31. The van der Waals surface area contributed by atoms with Gasteiger partial charge in [-0.3, -0.25) is 4.98 Å². The van der Waals surface area contributed by atoms with E-state index >= 15 is 0 Å². The lowest BCUT2D eigenvalue weighted by Gasteiger charge is -2.10. The van der Waals surface area contributed by atoms with Gasteiger partial charge < -0.3 is 9.66 Å². The topological polar surface area (TPSA) is 53.4 Å². The first-order chi connectivity index (χ1) is 6.33. The predicted molar refractivity (Wildman–Crippen MR) is 51.4 cm³/mol. The van der Waals surface area contributed by atoms with Crippen LogP contribution in [0.3, 0.4) is 0 Å². The Bertz CT molecular complexity index is 301. The van der Waals surface area contributed by atoms with Crippen LogP contribution in [0.15, 0.2) is 18.3 Å². The van der Waals surface area contributed by atoms with E-state index in [1.165, 1.54) is 0 Å². The van der Waals surface area contributed by atoms with Crippen molar-refractivity contribution in [3.63, 3.8) is 0 Å². The molecule has 1 aliphatic carbocycles. The monoisotopic (exact) mass is 197 g/mol. The highest BCUT2D eigenvalue weighted by atomic mass is 32.2. The van der Waals surface area contributed by atoms with Crippen LogP contribution in [-0.4, -0.2) is 14.6 Å². The third kappa shape index (κ3) is 1.85. The summed E-state index contributed by atoms with van der Waals surface area (Å²) in [5, 5.41) is 9.46. The fraction of sp³-hybridized carbons (Fsp3) is 0.444. The summed E-state index contributed by atoms with van der Waals surface area (Å²) in [4.78, 5) is 4.23. The Kier molecular flexibility index (Phi) is 2.53. The zero-order valence-corrected chi connectivity index (χ0v) is 7.87. The van der Waals surface area contributed by atoms with E-state index in [9.17, 15) is 5.11 Å². The molecule has 70 valence electrons. The van der Waals surface area contributed by atoms with Crippen LogP contribution in [-0.2, 0) is 0 Å². The molecule has 13 heavy (non-hydrogen) atoms. The molecule has 0 spiro atoms. The van der Waals surface area contributed by atoms with Gasteiger partial charge in [0.05, 0.1) is 5.69 Å². The van der Waals surface area contributed by atoms with Gasteiger partial charge in [0.2, 0.25) is 0 Å². The standard InChI is InChI=1S/C9H11NO2S/c11-9(13-12)7-2-1-5-10-8(7)6-3-4-6/h1-2,5-6,9,11-12H,3-4H2. The average Bonchev–Trinajstić information content (AvgIpc) is 3.00. The summed E-state index contributed by atoms with van der Waals surface area (Å²) in [6.07, 6.45) is 4.02. The average molecular weight is 197 g/mol. The van der Waals surface area contributed by atoms with Crippen LogP contribution in [0.2, 0.25) is 0 Å². The summed E-state index contributed by atoms with van der Waals surface area (Å²) in [7, 11) is 0. The fourth-order valence-corrected chi connectivity index (χ4v) is 1.71. The largest absolute Gasteiger partial charge is 0.376 e. The summed E-state index contributed by atoms with van der Waals surface area (Å²) in [6.45, 7) is 0. The second-order valence-electron chi connectivity index (χ2n) is 3.21. The number of hydrogen-bond acceptors (Lipinski definition) is 4. The maximum atomic E-state index is 9.46. The smallest absolute Gasteiger partial charge is 0.152 e. The summed E-state index contributed by atoms with van der Waals surface area (Å²) >= 11 is 0.453. The van der Waals surface area contributed by atoms with Crippen LogP contribution in [0.25, 0.3) is 0 Å². The predicted octanol–water partition coefficient (Wildman–Crippen LogP) is 2.16. The first-order valence-electron chi connectivity index (χ1n) is 4.26. The lowest BCUT2D eigenvalue weighted by molar-refractivity contribution is 0.260. The van der Waals surface area contributed by atoms with Gasteiger partial charge in [-0.2, -0.15) is 0 Å². The molecule has 1 fully saturated rings. The molecule has 0 aliphatic heterocycles. The molecule has 1 aromatic heterocycles. The Morgan fingerprint density at radius 1 is 1.54 bits per heavy atom. The molecule has 0 radical (unpaired) electrons. The number of aliphatic hydroxyl groups is 1. The number of nitrogens with zero attached hydrogens (tertiary/aromatic N) is 1. The minimum Gasteiger partial charge on any atom is -0.376 e. The molecule has 4 heteroatoms. The molecule has 2 N–H and O–H groups in total. The molecular formula is C9H11NO2S. The minimum absolute atomic E-state index is 0.453. The van der Waals surface area contributed by atoms with Crippen LogP contribution in [0.5, 0.6) is 0 Å². The molecule has 1 atom stereocenters. The number of hydrogen-bond donors (Lipinski definition) is 2. The fourth-order valence-electron chi connectivity index (χ4n) is 1.39. The molecule has 1 unspecified atom stereocenters. The quantitative estimate of drug-likeness (QED) is 0.576. The van der Waals surface area contributed by atoms with Crippen molar-refractivity contribution in [3.8, 4) is 0 Å². The van der Waals surface area contributed by atoms with Gasteiger partial charge in [0.1, 0.15) is 0 Å². The summed E-state index contributed by atoms with van der Waals surface area (Å²) in [6, 6.07) is 3.59. The number of aromatic nitrogens is 1. The van der Waals surface area contributed by atoms with Gasteiger partial charge in [-0.25, -0.2) is 0 Å². The Morgan fingerprint density at radius 3 is 2.92 bits per heavy atom. The first kappa shape index (κ1) is 8.99. The number of aliphatic hydroxyl groups excluding tert-OH is 1. The van der Waals surface area contributed by atoms with Gasteiger partial charge in [-0.1, -0.05) is 6.07 Å². The van der Waals surface area contributed by atoms with Gasteiger partial charge in [-0.05, 0) is 18.9 Å². The van der Waals surface area contributed by atoms with Gasteiger partial charge in [0.25, 0.3) is 0 Å². The molecule has 0 aromatic carbocycles. The number of rotatable bonds is 3. The number of pyridine rings is 1. The molecule has 1 saturated carbocycles. The van der Waals surface area contributed by atoms with E-state index in [1.54, 1.807) is 12.3 Å². The van der Waals surface area contributed by atoms with Crippen LogP contribution in [0, 0.1) is 0 Å². The third-order valence-corrected chi connectivity index (χ3v) is 2.65. The van der Waals surface area contributed by atoms with Crippen LogP contribution >= 0.6 is 12.0 Å². The summed E-state index contributed by atoms with van der Waals surface area (Å²) in [5.74, 6) is 0.498. The van der Waals surface area contributed by atoms with Crippen molar-refractivity contribution in [2.75, 3.05) is 0 Å². The van der Waals surface area contributed by atoms with Gasteiger partial charge in [-0.15, -0.1) is 0 Å². The highest BCUT2D eigenvalue weighted by molar-refractivity contribution is 7.93. The van der Waals surface area contributed by atoms with E-state index in [1.807, 2.05) is 6.07 Å². The van der Waals surface area contributed by atoms with E-state index in [4.69, 9.17) is 4.55 Å². The van der Waals surface area contributed by atoms with Crippen molar-refractivity contribution in [2.45, 2.75) is 24.2 Å². The Morgan fingerprint density at radius 2 is 2.31 bits per heavy atom. The maximum Gasteiger partial charge on any atom is 0.152 e. The first-order valence-corrected chi connectivity index (χ1v) is 5.09. The summed E-state index contributed by atoms with van der Waals surface area (Å²) in [5.41, 5.74) is 0.832. The molecule has 2 rings (SSSR count). The molecule has 1 aromatic rings. The molecule has 1 heterocycles. The van der Waals surface area contributed by atoms with Gasteiger partial charge in [0.15, 0.2) is 5.44 Å². The zero-order chi connectivity index (χ0) is 9.26. The van der Waals surface area contributed by atoms with Crippen molar-refractivity contribution in [2.24, 2.45) is 0 Å². The van der Waals surface area contributed by atoms with Gasteiger partial charge >= 0.3 is 0 Å². The lowest BCUT2D eigenvalue weighted by atomic mass is 10.1. The van der Waals surface area contributed by atoms with Gasteiger partial charge in [0, 0.05) is 29.7 Å². The van der Waals surface area contributed by atoms with Crippen molar-refractivity contribution < 1.29 is 9.66 Å². The second kappa shape index (κ2) is 3.65. The molecule has 0 bridgehead atoms. The second-order valence-corrected chi connectivity index (χ2v) is 3.87. The summed E-state index contributed by atoms with van der Waals surface area (Å²) < 4.78 is 8.75. The minimum atomic E-state index is -0.857. The van der Waals surface area contributed by atoms with Crippen molar-refractivity contribution in [3.05, 3.63) is 29.6 Å². The van der Waals surface area contributed by atoms with Crippen molar-refractivity contribution in [1.29, 1.82) is 0 Å². The van der Waals surface area contributed by atoms with Crippen LogP contribution in [0.4, 0.5) is 0 Å². The molecule has 3 nitrogen and oxygen atoms in total.